The van der Waals surface area contributed by atoms with Gasteiger partial charge in [-0.25, -0.2) is 4.98 Å². The lowest BCUT2D eigenvalue weighted by molar-refractivity contribution is -0.142. The third-order valence-electron chi connectivity index (χ3n) is 4.43. The van der Waals surface area contributed by atoms with E-state index in [0.717, 1.165) is 18.2 Å². The Labute approximate surface area is 193 Å². The summed E-state index contributed by atoms with van der Waals surface area (Å²) in [5.74, 6) is -1.29. The van der Waals surface area contributed by atoms with Gasteiger partial charge in [-0.3, -0.25) is 9.36 Å². The summed E-state index contributed by atoms with van der Waals surface area (Å²) in [6.07, 6.45) is -16.1. The van der Waals surface area contributed by atoms with Crippen molar-refractivity contribution in [2.75, 3.05) is 5.73 Å². The van der Waals surface area contributed by atoms with Crippen LogP contribution in [0.3, 0.4) is 0 Å². The average molecular weight is 536 g/mol. The zero-order valence-corrected chi connectivity index (χ0v) is 17.5. The zero-order valence-electron chi connectivity index (χ0n) is 16.0. The van der Waals surface area contributed by atoms with Crippen LogP contribution in [0.2, 0.25) is 10.0 Å². The summed E-state index contributed by atoms with van der Waals surface area (Å²) in [6, 6.07) is 3.28. The van der Waals surface area contributed by atoms with Crippen molar-refractivity contribution in [2.24, 2.45) is 0 Å². The molecule has 0 bridgehead atoms. The third kappa shape index (κ3) is 4.80. The summed E-state index contributed by atoms with van der Waals surface area (Å²) in [7, 11) is 0. The molecule has 0 aliphatic rings. The quantitative estimate of drug-likeness (QED) is 0.365. The maximum Gasteiger partial charge on any atom is 0.435 e. The van der Waals surface area contributed by atoms with Gasteiger partial charge in [0.05, 0.1) is 21.8 Å². The van der Waals surface area contributed by atoms with Crippen molar-refractivity contribution in [3.05, 3.63) is 73.6 Å². The molecule has 3 rings (SSSR count). The van der Waals surface area contributed by atoms with E-state index in [1.165, 1.54) is 0 Å². The van der Waals surface area contributed by atoms with Crippen LogP contribution in [0.1, 0.15) is 16.8 Å². The fourth-order valence-corrected chi connectivity index (χ4v) is 3.46. The molecule has 0 saturated heterocycles. The van der Waals surface area contributed by atoms with Crippen LogP contribution in [-0.4, -0.2) is 9.55 Å². The van der Waals surface area contributed by atoms with Crippen LogP contribution >= 0.6 is 23.2 Å². The van der Waals surface area contributed by atoms with Crippen LogP contribution in [0.25, 0.3) is 17.1 Å². The van der Waals surface area contributed by atoms with Crippen molar-refractivity contribution >= 4 is 28.9 Å². The van der Waals surface area contributed by atoms with E-state index in [4.69, 9.17) is 28.9 Å². The Balaban J connectivity index is 2.53. The first-order valence-electron chi connectivity index (χ1n) is 8.67. The standard InChI is InChI=1S/C19H8Cl2F9N3O/c20-8-2-4-12(11(21)6-8)33-15(32-14(19(28,29)30)13(31)16(33)34)9-3-1-7(17(22,23)24)5-10(9)18(25,26)27/h1-6H,31H2. The lowest BCUT2D eigenvalue weighted by Gasteiger charge is -2.21. The number of halogens is 11. The fraction of sp³-hybridized carbons (Fsp3) is 0.158. The molecule has 0 saturated carbocycles. The van der Waals surface area contributed by atoms with Crippen LogP contribution in [-0.2, 0) is 18.5 Å². The summed E-state index contributed by atoms with van der Waals surface area (Å²) >= 11 is 11.7. The van der Waals surface area contributed by atoms with E-state index in [2.05, 4.69) is 4.98 Å². The van der Waals surface area contributed by atoms with Gasteiger partial charge >= 0.3 is 18.5 Å². The Morgan fingerprint density at radius 1 is 0.824 bits per heavy atom. The van der Waals surface area contributed by atoms with Gasteiger partial charge in [-0.15, -0.1) is 0 Å². The van der Waals surface area contributed by atoms with Crippen LogP contribution in [0.4, 0.5) is 45.2 Å². The number of nitrogens with zero attached hydrogens (tertiary/aromatic N) is 2. The second-order valence-corrected chi connectivity index (χ2v) is 7.53. The lowest BCUT2D eigenvalue weighted by atomic mass is 10.0. The van der Waals surface area contributed by atoms with E-state index < -0.39 is 68.7 Å². The number of aromatic nitrogens is 2. The molecule has 1 aromatic heterocycles. The molecule has 2 aromatic carbocycles. The number of anilines is 1. The first-order chi connectivity index (χ1) is 15.4. The highest BCUT2D eigenvalue weighted by molar-refractivity contribution is 6.35. The number of hydrogen-bond donors (Lipinski definition) is 1. The molecule has 3 aromatic rings. The second-order valence-electron chi connectivity index (χ2n) is 6.69. The van der Waals surface area contributed by atoms with E-state index >= 15 is 0 Å². The maximum atomic E-state index is 13.7. The van der Waals surface area contributed by atoms with Gasteiger partial charge in [0.25, 0.3) is 5.56 Å². The minimum absolute atomic E-state index is 0.00158. The Morgan fingerprint density at radius 2 is 1.44 bits per heavy atom. The molecule has 0 aliphatic heterocycles. The summed E-state index contributed by atoms with van der Waals surface area (Å²) < 4.78 is 121. The van der Waals surface area contributed by atoms with Gasteiger partial charge in [0.2, 0.25) is 0 Å². The molecule has 4 nitrogen and oxygen atoms in total. The van der Waals surface area contributed by atoms with E-state index in [9.17, 15) is 44.3 Å². The van der Waals surface area contributed by atoms with Gasteiger partial charge in [-0.05, 0) is 30.3 Å². The van der Waals surface area contributed by atoms with Gasteiger partial charge in [0.1, 0.15) is 11.5 Å². The Morgan fingerprint density at radius 3 is 1.94 bits per heavy atom. The molecular formula is C19H8Cl2F9N3O. The number of rotatable bonds is 2. The maximum absolute atomic E-state index is 13.7. The number of hydrogen-bond acceptors (Lipinski definition) is 3. The summed E-state index contributed by atoms with van der Waals surface area (Å²) in [4.78, 5) is 15.9. The van der Waals surface area contributed by atoms with Crippen LogP contribution in [0, 0.1) is 0 Å². The smallest absolute Gasteiger partial charge is 0.392 e. The Bertz CT molecular complexity index is 1330. The molecule has 182 valence electrons. The van der Waals surface area contributed by atoms with Crippen molar-refractivity contribution in [2.45, 2.75) is 18.5 Å². The van der Waals surface area contributed by atoms with Crippen molar-refractivity contribution in [1.29, 1.82) is 0 Å². The molecule has 0 spiro atoms. The largest absolute Gasteiger partial charge is 0.435 e. The molecule has 0 amide bonds. The Kier molecular flexibility index (Phi) is 6.33. The molecule has 15 heteroatoms. The highest BCUT2D eigenvalue weighted by Crippen LogP contribution is 2.42. The second kappa shape index (κ2) is 8.38. The van der Waals surface area contributed by atoms with Crippen molar-refractivity contribution in [3.63, 3.8) is 0 Å². The van der Waals surface area contributed by atoms with Crippen LogP contribution in [0.15, 0.2) is 41.2 Å². The SMILES string of the molecule is Nc1c(C(F)(F)F)nc(-c2ccc(C(F)(F)F)cc2C(F)(F)F)n(-c2ccc(Cl)cc2Cl)c1=O. The monoisotopic (exact) mass is 535 g/mol. The summed E-state index contributed by atoms with van der Waals surface area (Å²) in [5, 5.41) is -0.390. The zero-order chi connectivity index (χ0) is 25.8. The number of nitrogens with two attached hydrogens (primary N) is 1. The molecule has 0 radical (unpaired) electrons. The molecule has 0 atom stereocenters. The molecule has 0 aliphatic carbocycles. The van der Waals surface area contributed by atoms with E-state index in [1.54, 1.807) is 0 Å². The number of alkyl halides is 9. The van der Waals surface area contributed by atoms with Crippen LogP contribution < -0.4 is 11.3 Å². The summed E-state index contributed by atoms with van der Waals surface area (Å²) in [5.41, 5.74) is -5.31. The number of benzene rings is 2. The minimum atomic E-state index is -5.48. The third-order valence-corrected chi connectivity index (χ3v) is 4.97. The Hall–Kier alpha value is -2.93. The first kappa shape index (κ1) is 25.7. The lowest BCUT2D eigenvalue weighted by Crippen LogP contribution is -2.30. The van der Waals surface area contributed by atoms with E-state index in [1.807, 2.05) is 0 Å². The topological polar surface area (TPSA) is 60.9 Å². The molecular weight excluding hydrogens is 528 g/mol. The van der Waals surface area contributed by atoms with Gasteiger partial charge in [0.15, 0.2) is 5.69 Å². The molecule has 1 heterocycles. The number of nitrogen functional groups attached to an aromatic ring is 1. The van der Waals surface area contributed by atoms with E-state index in [0.29, 0.717) is 0 Å². The van der Waals surface area contributed by atoms with Gasteiger partial charge < -0.3 is 5.73 Å². The highest BCUT2D eigenvalue weighted by atomic mass is 35.5. The predicted octanol–water partition coefficient (Wildman–Crippen LogP) is 6.84. The predicted molar refractivity (Wildman–Crippen MR) is 105 cm³/mol. The van der Waals surface area contributed by atoms with Gasteiger partial charge in [0, 0.05) is 10.6 Å². The average Bonchev–Trinajstić information content (AvgIpc) is 2.68. The highest BCUT2D eigenvalue weighted by Gasteiger charge is 2.42. The van der Waals surface area contributed by atoms with Gasteiger partial charge in [-0.2, -0.15) is 39.5 Å². The normalized spacial score (nSPS) is 12.8. The minimum Gasteiger partial charge on any atom is -0.392 e. The fourth-order valence-electron chi connectivity index (χ4n) is 2.97. The van der Waals surface area contributed by atoms with Gasteiger partial charge in [-0.1, -0.05) is 29.3 Å². The summed E-state index contributed by atoms with van der Waals surface area (Å²) in [6.45, 7) is 0. The molecule has 34 heavy (non-hydrogen) atoms. The van der Waals surface area contributed by atoms with Crippen LogP contribution in [0.5, 0.6) is 0 Å². The van der Waals surface area contributed by atoms with E-state index in [-0.39, 0.29) is 27.8 Å². The molecule has 0 unspecified atom stereocenters. The molecule has 2 N–H and O–H groups in total. The first-order valence-corrected chi connectivity index (χ1v) is 9.42. The van der Waals surface area contributed by atoms with Crippen molar-refractivity contribution in [1.82, 2.24) is 9.55 Å². The van der Waals surface area contributed by atoms with Crippen molar-refractivity contribution < 1.29 is 39.5 Å². The molecule has 0 fully saturated rings. The van der Waals surface area contributed by atoms with Crippen molar-refractivity contribution in [3.8, 4) is 17.1 Å².